The first-order valence-electron chi connectivity index (χ1n) is 5.03. The molecule has 1 amide bonds. The van der Waals surface area contributed by atoms with Crippen LogP contribution in [-0.4, -0.2) is 30.4 Å². The Balaban J connectivity index is 2.35. The lowest BCUT2D eigenvalue weighted by Gasteiger charge is -2.23. The maximum Gasteiger partial charge on any atom is 0.226 e. The van der Waals surface area contributed by atoms with Gasteiger partial charge in [-0.15, -0.1) is 0 Å². The minimum atomic E-state index is -0.0521. The van der Waals surface area contributed by atoms with Crippen molar-refractivity contribution in [3.63, 3.8) is 0 Å². The molecule has 2 unspecified atom stereocenters. The molecule has 0 aliphatic heterocycles. The van der Waals surface area contributed by atoms with Crippen LogP contribution in [0.25, 0.3) is 0 Å². The summed E-state index contributed by atoms with van der Waals surface area (Å²) in [6.45, 7) is 4.69. The molecule has 0 bridgehead atoms. The van der Waals surface area contributed by atoms with Crippen molar-refractivity contribution in [3.8, 4) is 0 Å². The summed E-state index contributed by atoms with van der Waals surface area (Å²) >= 11 is 0. The summed E-state index contributed by atoms with van der Waals surface area (Å²) in [6.07, 6.45) is 2.56. The molecule has 1 rings (SSSR count). The lowest BCUT2D eigenvalue weighted by molar-refractivity contribution is -0.134. The summed E-state index contributed by atoms with van der Waals surface area (Å²) in [5, 5.41) is 0. The highest BCUT2D eigenvalue weighted by Gasteiger charge is 2.27. The van der Waals surface area contributed by atoms with E-state index in [-0.39, 0.29) is 17.9 Å². The van der Waals surface area contributed by atoms with Gasteiger partial charge < -0.3 is 10.6 Å². The Morgan fingerprint density at radius 2 is 2.08 bits per heavy atom. The van der Waals surface area contributed by atoms with Gasteiger partial charge in [-0.25, -0.2) is 0 Å². The molecule has 0 aromatic heterocycles. The van der Waals surface area contributed by atoms with Crippen molar-refractivity contribution in [1.82, 2.24) is 4.90 Å². The lowest BCUT2D eigenvalue weighted by atomic mass is 10.0. The van der Waals surface area contributed by atoms with E-state index in [0.29, 0.717) is 0 Å². The minimum absolute atomic E-state index is 0.0471. The molecule has 0 saturated heterocycles. The van der Waals surface area contributed by atoms with Gasteiger partial charge in [-0.3, -0.25) is 4.79 Å². The van der Waals surface area contributed by atoms with Crippen molar-refractivity contribution in [1.29, 1.82) is 0 Å². The third-order valence-corrected chi connectivity index (χ3v) is 2.78. The molecule has 3 heteroatoms. The van der Waals surface area contributed by atoms with E-state index < -0.39 is 0 Å². The van der Waals surface area contributed by atoms with Crippen LogP contribution in [0.4, 0.5) is 0 Å². The van der Waals surface area contributed by atoms with Gasteiger partial charge in [0, 0.05) is 19.6 Å². The predicted molar refractivity (Wildman–Crippen MR) is 53.2 cm³/mol. The van der Waals surface area contributed by atoms with Gasteiger partial charge >= 0.3 is 0 Å². The van der Waals surface area contributed by atoms with Gasteiger partial charge in [0.2, 0.25) is 5.91 Å². The van der Waals surface area contributed by atoms with Crippen molar-refractivity contribution in [2.45, 2.75) is 32.7 Å². The fraction of sp³-hybridized carbons (Fsp3) is 0.900. The summed E-state index contributed by atoms with van der Waals surface area (Å²) in [6, 6.07) is -0.0471. The molecule has 1 aliphatic rings. The molecule has 2 N–H and O–H groups in total. The summed E-state index contributed by atoms with van der Waals surface area (Å²) in [5.74, 6) is 0.889. The van der Waals surface area contributed by atoms with Crippen LogP contribution < -0.4 is 5.73 Å². The lowest BCUT2D eigenvalue weighted by Crippen LogP contribution is -2.40. The quantitative estimate of drug-likeness (QED) is 0.703. The van der Waals surface area contributed by atoms with Gasteiger partial charge in [0.05, 0.1) is 5.92 Å². The highest BCUT2D eigenvalue weighted by molar-refractivity contribution is 5.78. The van der Waals surface area contributed by atoms with E-state index in [1.807, 2.05) is 25.8 Å². The maximum absolute atomic E-state index is 11.7. The van der Waals surface area contributed by atoms with Gasteiger partial charge in [0.25, 0.3) is 0 Å². The second kappa shape index (κ2) is 4.09. The van der Waals surface area contributed by atoms with Crippen LogP contribution in [0.1, 0.15) is 26.7 Å². The van der Waals surface area contributed by atoms with Crippen LogP contribution >= 0.6 is 0 Å². The first-order chi connectivity index (χ1) is 6.02. The molecule has 0 heterocycles. The summed E-state index contributed by atoms with van der Waals surface area (Å²) < 4.78 is 0. The van der Waals surface area contributed by atoms with Crippen LogP contribution in [0.15, 0.2) is 0 Å². The van der Waals surface area contributed by atoms with Crippen molar-refractivity contribution in [2.75, 3.05) is 13.6 Å². The highest BCUT2D eigenvalue weighted by Crippen LogP contribution is 2.29. The average molecular weight is 184 g/mol. The Kier molecular flexibility index (Phi) is 3.31. The molecule has 0 radical (unpaired) electrons. The first-order valence-corrected chi connectivity index (χ1v) is 5.03. The Bertz CT molecular complexity index is 187. The molecule has 2 atom stereocenters. The van der Waals surface area contributed by atoms with E-state index in [9.17, 15) is 4.79 Å². The zero-order valence-electron chi connectivity index (χ0n) is 8.79. The minimum Gasteiger partial charge on any atom is -0.345 e. The summed E-state index contributed by atoms with van der Waals surface area (Å²) in [7, 11) is 1.87. The molecule has 1 saturated carbocycles. The van der Waals surface area contributed by atoms with E-state index in [1.54, 1.807) is 0 Å². The fourth-order valence-electron chi connectivity index (χ4n) is 1.35. The Labute approximate surface area is 80.3 Å². The van der Waals surface area contributed by atoms with Crippen LogP contribution in [-0.2, 0) is 4.79 Å². The number of hydrogen-bond acceptors (Lipinski definition) is 2. The average Bonchev–Trinajstić information content (AvgIpc) is 2.85. The van der Waals surface area contributed by atoms with Crippen molar-refractivity contribution in [2.24, 2.45) is 17.6 Å². The van der Waals surface area contributed by atoms with Crippen LogP contribution in [0, 0.1) is 11.8 Å². The molecular formula is C10H20N2O. The first kappa shape index (κ1) is 10.5. The highest BCUT2D eigenvalue weighted by atomic mass is 16.2. The Morgan fingerprint density at radius 3 is 2.46 bits per heavy atom. The normalized spacial score (nSPS) is 20.9. The van der Waals surface area contributed by atoms with Crippen LogP contribution in [0.3, 0.4) is 0 Å². The zero-order valence-corrected chi connectivity index (χ0v) is 8.79. The molecular weight excluding hydrogens is 164 g/mol. The van der Waals surface area contributed by atoms with Crippen molar-refractivity contribution >= 4 is 5.91 Å². The van der Waals surface area contributed by atoms with Gasteiger partial charge in [0.1, 0.15) is 0 Å². The van der Waals surface area contributed by atoms with E-state index in [4.69, 9.17) is 5.73 Å². The fourth-order valence-corrected chi connectivity index (χ4v) is 1.35. The smallest absolute Gasteiger partial charge is 0.226 e. The summed E-state index contributed by atoms with van der Waals surface area (Å²) in [4.78, 5) is 13.5. The van der Waals surface area contributed by atoms with E-state index in [2.05, 4.69) is 0 Å². The number of amides is 1. The predicted octanol–water partition coefficient (Wildman–Crippen LogP) is 0.838. The second-order valence-corrected chi connectivity index (χ2v) is 4.31. The largest absolute Gasteiger partial charge is 0.345 e. The molecule has 0 aromatic rings. The third-order valence-electron chi connectivity index (χ3n) is 2.78. The SMILES string of the molecule is CC(N)C(C)C(=O)N(C)CC1CC1. The molecule has 13 heavy (non-hydrogen) atoms. The number of hydrogen-bond donors (Lipinski definition) is 1. The standard InChI is InChI=1S/C10H20N2O/c1-7(8(2)11)10(13)12(3)6-9-4-5-9/h7-9H,4-6,11H2,1-3H3. The third kappa shape index (κ3) is 2.99. The molecule has 1 fully saturated rings. The molecule has 0 spiro atoms. The van der Waals surface area contributed by atoms with E-state index in [1.165, 1.54) is 12.8 Å². The number of nitrogens with zero attached hydrogens (tertiary/aromatic N) is 1. The number of carbonyl (C=O) groups excluding carboxylic acids is 1. The number of nitrogens with two attached hydrogens (primary N) is 1. The van der Waals surface area contributed by atoms with Gasteiger partial charge in [-0.1, -0.05) is 6.92 Å². The Morgan fingerprint density at radius 1 is 1.54 bits per heavy atom. The zero-order chi connectivity index (χ0) is 10.0. The molecule has 1 aliphatic carbocycles. The number of carbonyl (C=O) groups is 1. The van der Waals surface area contributed by atoms with Crippen molar-refractivity contribution in [3.05, 3.63) is 0 Å². The molecule has 0 aromatic carbocycles. The number of rotatable bonds is 4. The van der Waals surface area contributed by atoms with Gasteiger partial charge in [-0.2, -0.15) is 0 Å². The Hall–Kier alpha value is -0.570. The van der Waals surface area contributed by atoms with Crippen molar-refractivity contribution < 1.29 is 4.79 Å². The maximum atomic E-state index is 11.7. The van der Waals surface area contributed by atoms with Gasteiger partial charge in [-0.05, 0) is 25.7 Å². The summed E-state index contributed by atoms with van der Waals surface area (Å²) in [5.41, 5.74) is 5.67. The molecule has 3 nitrogen and oxygen atoms in total. The topological polar surface area (TPSA) is 46.3 Å². The van der Waals surface area contributed by atoms with Crippen LogP contribution in [0.2, 0.25) is 0 Å². The van der Waals surface area contributed by atoms with Crippen LogP contribution in [0.5, 0.6) is 0 Å². The monoisotopic (exact) mass is 184 g/mol. The second-order valence-electron chi connectivity index (χ2n) is 4.31. The van der Waals surface area contributed by atoms with Gasteiger partial charge in [0.15, 0.2) is 0 Å². The van der Waals surface area contributed by atoms with E-state index >= 15 is 0 Å². The molecule has 76 valence electrons. The van der Waals surface area contributed by atoms with E-state index in [0.717, 1.165) is 12.5 Å².